The molecule has 5 nitrogen and oxygen atoms in total. The molecule has 0 aliphatic carbocycles. The molecule has 0 bridgehead atoms. The standard InChI is InChI=1S/C17H37O2S2Si2.CHF3O3S/c1-16(2,3)22(7,8)18-11-14-15(21-13-20-14)12-19-23(9,10)17(4,5)6;2-1(3,4)8(5,6)7/h13-15H,11-12H2,1-10H3;(H,5,6,7)/q+1;/p-1/t14-,15-;/m1./s1. The fraction of sp³-hybridized carbons (Fsp3) is 0.944. The quantitative estimate of drug-likeness (QED) is 0.147. The first-order valence-corrected chi connectivity index (χ1v) is 19.0. The number of rotatable bonds is 6. The lowest BCUT2D eigenvalue weighted by molar-refractivity contribution is -0.0517. The maximum Gasteiger partial charge on any atom is 0.485 e. The summed E-state index contributed by atoms with van der Waals surface area (Å²) in [5, 5.41) is 1.61. The maximum atomic E-state index is 10.7. The second-order valence-corrected chi connectivity index (χ2v) is 24.0. The van der Waals surface area contributed by atoms with Gasteiger partial charge in [0.1, 0.15) is 0 Å². The smallest absolute Gasteiger partial charge is 0.485 e. The topological polar surface area (TPSA) is 75.7 Å². The van der Waals surface area contributed by atoms with Gasteiger partial charge in [-0.15, -0.1) is 0 Å². The Balaban J connectivity index is 0.000000954. The highest BCUT2D eigenvalue weighted by atomic mass is 32.2. The highest BCUT2D eigenvalue weighted by molar-refractivity contribution is 8.23. The predicted molar refractivity (Wildman–Crippen MR) is 131 cm³/mol. The van der Waals surface area contributed by atoms with E-state index < -0.39 is 32.3 Å². The zero-order chi connectivity index (χ0) is 25.1. The van der Waals surface area contributed by atoms with Crippen LogP contribution in [0.2, 0.25) is 36.3 Å². The Morgan fingerprint density at radius 1 is 0.935 bits per heavy atom. The van der Waals surface area contributed by atoms with Crippen molar-refractivity contribution in [1.82, 2.24) is 0 Å². The zero-order valence-electron chi connectivity index (χ0n) is 20.0. The van der Waals surface area contributed by atoms with Gasteiger partial charge < -0.3 is 13.4 Å². The Morgan fingerprint density at radius 2 is 1.29 bits per heavy atom. The Kier molecular flexibility index (Phi) is 11.0. The van der Waals surface area contributed by atoms with Crippen molar-refractivity contribution >= 4 is 54.6 Å². The predicted octanol–water partition coefficient (Wildman–Crippen LogP) is 5.41. The number of halogens is 3. The summed E-state index contributed by atoms with van der Waals surface area (Å²) in [7, 11) is -9.41. The Morgan fingerprint density at radius 3 is 1.61 bits per heavy atom. The van der Waals surface area contributed by atoms with E-state index >= 15 is 0 Å². The molecule has 1 aliphatic rings. The monoisotopic (exact) mass is 542 g/mol. The van der Waals surface area contributed by atoms with E-state index in [0.717, 1.165) is 13.2 Å². The number of hydrogen-bond acceptors (Lipinski definition) is 6. The second kappa shape index (κ2) is 10.8. The second-order valence-electron chi connectivity index (χ2n) is 10.5. The van der Waals surface area contributed by atoms with Gasteiger partial charge in [0, 0.05) is 0 Å². The van der Waals surface area contributed by atoms with Crippen LogP contribution in [0.3, 0.4) is 0 Å². The largest absolute Gasteiger partial charge is 0.741 e. The van der Waals surface area contributed by atoms with E-state index in [2.05, 4.69) is 72.4 Å². The molecule has 186 valence electrons. The third-order valence-corrected chi connectivity index (χ3v) is 18.2. The molecular formula is C18H37F3O5S3Si2. The number of thioether (sulfide) groups is 1. The van der Waals surface area contributed by atoms with Crippen LogP contribution in [-0.4, -0.2) is 63.5 Å². The van der Waals surface area contributed by atoms with Crippen LogP contribution in [0.1, 0.15) is 41.5 Å². The van der Waals surface area contributed by atoms with Gasteiger partial charge in [0.15, 0.2) is 38.1 Å². The van der Waals surface area contributed by atoms with Gasteiger partial charge in [-0.1, -0.05) is 53.3 Å². The average molecular weight is 543 g/mol. The van der Waals surface area contributed by atoms with Gasteiger partial charge in [-0.2, -0.15) is 13.2 Å². The molecule has 31 heavy (non-hydrogen) atoms. The van der Waals surface area contributed by atoms with Crippen LogP contribution in [-0.2, 0) is 30.3 Å². The lowest BCUT2D eigenvalue weighted by atomic mass is 10.2. The molecule has 1 heterocycles. The van der Waals surface area contributed by atoms with Crippen LogP contribution in [0, 0.1) is 0 Å². The third-order valence-electron chi connectivity index (χ3n) is 5.99. The Hall–Kier alpha value is 0.494. The molecule has 1 aliphatic heterocycles. The van der Waals surface area contributed by atoms with Crippen LogP contribution in [0.4, 0.5) is 13.2 Å². The van der Waals surface area contributed by atoms with Gasteiger partial charge in [-0.25, -0.2) is 8.42 Å². The van der Waals surface area contributed by atoms with Crippen molar-refractivity contribution in [2.75, 3.05) is 13.2 Å². The van der Waals surface area contributed by atoms with E-state index in [-0.39, 0.29) is 10.1 Å². The Bertz CT molecular complexity index is 712. The summed E-state index contributed by atoms with van der Waals surface area (Å²) in [5.41, 5.74) is -5.65. The minimum atomic E-state index is -6.09. The lowest BCUT2D eigenvalue weighted by Gasteiger charge is -2.37. The molecule has 1 rings (SSSR count). The molecule has 0 aromatic rings. The van der Waals surface area contributed by atoms with Crippen molar-refractivity contribution in [1.29, 1.82) is 0 Å². The van der Waals surface area contributed by atoms with Gasteiger partial charge in [0.25, 0.3) is 0 Å². The summed E-state index contributed by atoms with van der Waals surface area (Å²) in [6.45, 7) is 24.9. The summed E-state index contributed by atoms with van der Waals surface area (Å²) in [4.78, 5) is 0. The summed E-state index contributed by atoms with van der Waals surface area (Å²) in [5.74, 6) is 0. The number of hydrogen-bond donors (Lipinski definition) is 0. The zero-order valence-corrected chi connectivity index (χ0v) is 24.5. The molecule has 0 aromatic carbocycles. The van der Waals surface area contributed by atoms with Crippen molar-refractivity contribution in [3.8, 4) is 0 Å². The fourth-order valence-electron chi connectivity index (χ4n) is 1.66. The highest BCUT2D eigenvalue weighted by Gasteiger charge is 2.44. The van der Waals surface area contributed by atoms with Crippen molar-refractivity contribution in [2.45, 2.75) is 93.8 Å². The molecule has 13 heteroatoms. The van der Waals surface area contributed by atoms with E-state index in [1.54, 1.807) is 0 Å². The van der Waals surface area contributed by atoms with Gasteiger partial charge in [-0.3, -0.25) is 0 Å². The first kappa shape index (κ1) is 31.5. The van der Waals surface area contributed by atoms with Crippen molar-refractivity contribution < 1.29 is 35.0 Å². The SMILES string of the molecule is CC(C)(C)[Si](C)(C)OC[C@H]1SC=[S+][C@@H]1CO[Si](C)(C)C(C)(C)C.O=S(=O)([O-])C(F)(F)F. The normalized spacial score (nSPS) is 21.1. The molecule has 0 saturated carbocycles. The fourth-order valence-corrected chi connectivity index (χ4v) is 6.54. The van der Waals surface area contributed by atoms with Crippen molar-refractivity contribution in [2.24, 2.45) is 0 Å². The highest BCUT2D eigenvalue weighted by Crippen LogP contribution is 2.39. The summed E-state index contributed by atoms with van der Waals surface area (Å²) in [6, 6.07) is 0. The van der Waals surface area contributed by atoms with Gasteiger partial charge in [0.05, 0.1) is 18.5 Å². The maximum absolute atomic E-state index is 10.7. The van der Waals surface area contributed by atoms with Crippen LogP contribution < -0.4 is 0 Å². The molecule has 0 spiro atoms. The lowest BCUT2D eigenvalue weighted by Crippen LogP contribution is -2.45. The molecule has 0 fully saturated rings. The van der Waals surface area contributed by atoms with Crippen LogP contribution in [0.5, 0.6) is 0 Å². The first-order chi connectivity index (χ1) is 13.4. The van der Waals surface area contributed by atoms with Crippen LogP contribution >= 0.6 is 11.8 Å². The molecule has 0 unspecified atom stereocenters. The summed E-state index contributed by atoms with van der Waals surface area (Å²) < 4.78 is 74.1. The van der Waals surface area contributed by atoms with E-state index in [4.69, 9.17) is 21.8 Å². The van der Waals surface area contributed by atoms with Crippen LogP contribution in [0.25, 0.3) is 0 Å². The average Bonchev–Trinajstić information content (AvgIpc) is 2.95. The third kappa shape index (κ3) is 10.1. The van der Waals surface area contributed by atoms with Gasteiger partial charge >= 0.3 is 5.51 Å². The van der Waals surface area contributed by atoms with E-state index in [9.17, 15) is 13.2 Å². The van der Waals surface area contributed by atoms with E-state index in [0.29, 0.717) is 10.5 Å². The van der Waals surface area contributed by atoms with E-state index in [1.165, 1.54) is 0 Å². The van der Waals surface area contributed by atoms with Crippen LogP contribution in [0.15, 0.2) is 0 Å². The minimum absolute atomic E-state index is 0.278. The molecule has 0 amide bonds. The molecule has 0 saturated heterocycles. The summed E-state index contributed by atoms with van der Waals surface area (Å²) in [6.07, 6.45) is 0. The molecule has 0 radical (unpaired) electrons. The van der Waals surface area contributed by atoms with Crippen molar-refractivity contribution in [3.63, 3.8) is 0 Å². The Labute approximate surface area is 196 Å². The molecule has 0 N–H and O–H groups in total. The first-order valence-electron chi connectivity index (χ1n) is 9.85. The van der Waals surface area contributed by atoms with Gasteiger partial charge in [-0.05, 0) is 36.3 Å². The van der Waals surface area contributed by atoms with Gasteiger partial charge in [0.2, 0.25) is 9.95 Å². The minimum Gasteiger partial charge on any atom is -0.741 e. The molecular weight excluding hydrogens is 506 g/mol. The molecule has 2 atom stereocenters. The molecule has 0 aromatic heterocycles. The van der Waals surface area contributed by atoms with Crippen molar-refractivity contribution in [3.05, 3.63) is 0 Å². The van der Waals surface area contributed by atoms with E-state index in [1.807, 2.05) is 23.1 Å². The summed E-state index contributed by atoms with van der Waals surface area (Å²) >= 11 is 3.86. The number of alkyl halides is 3.